The van der Waals surface area contributed by atoms with Gasteiger partial charge in [0, 0.05) is 12.2 Å². The number of hydrogen-bond acceptors (Lipinski definition) is 3. The fourth-order valence-electron chi connectivity index (χ4n) is 2.04. The molecule has 2 aromatic carbocycles. The summed E-state index contributed by atoms with van der Waals surface area (Å²) < 4.78 is 13.3. The van der Waals surface area contributed by atoms with E-state index in [1.165, 1.54) is 18.2 Å². The zero-order chi connectivity index (χ0) is 14.7. The third kappa shape index (κ3) is 2.72. The van der Waals surface area contributed by atoms with Crippen LogP contribution in [0.2, 0.25) is 5.02 Å². The van der Waals surface area contributed by atoms with Gasteiger partial charge in [-0.3, -0.25) is 10.1 Å². The van der Waals surface area contributed by atoms with Gasteiger partial charge in [-0.05, 0) is 37.3 Å². The standard InChI is InChI=1S/C14H12ClFN2O2/c1-2-17(11-6-3-5-10(16)9-11)13-8-4-7-12(15)14(13)18(19)20/h3-9H,2H2,1H3. The topological polar surface area (TPSA) is 46.4 Å². The molecule has 6 heteroatoms. The summed E-state index contributed by atoms with van der Waals surface area (Å²) in [6, 6.07) is 10.6. The first-order valence-electron chi connectivity index (χ1n) is 6.00. The Balaban J connectivity index is 2.58. The SMILES string of the molecule is CCN(c1cccc(F)c1)c1cccc(Cl)c1[N+](=O)[O-]. The Kier molecular flexibility index (Phi) is 4.20. The van der Waals surface area contributed by atoms with Crippen LogP contribution in [0.3, 0.4) is 0 Å². The fraction of sp³-hybridized carbons (Fsp3) is 0.143. The Morgan fingerprint density at radius 2 is 2.00 bits per heavy atom. The molecule has 0 bridgehead atoms. The van der Waals surface area contributed by atoms with E-state index in [2.05, 4.69) is 0 Å². The molecule has 0 aliphatic heterocycles. The smallest absolute Gasteiger partial charge is 0.311 e. The molecule has 0 fully saturated rings. The van der Waals surface area contributed by atoms with Gasteiger partial charge in [0.15, 0.2) is 0 Å². The quantitative estimate of drug-likeness (QED) is 0.614. The van der Waals surface area contributed by atoms with Gasteiger partial charge in [0.05, 0.1) is 4.92 Å². The van der Waals surface area contributed by atoms with E-state index in [1.807, 2.05) is 6.92 Å². The number of hydrogen-bond donors (Lipinski definition) is 0. The van der Waals surface area contributed by atoms with Crippen LogP contribution < -0.4 is 4.90 Å². The van der Waals surface area contributed by atoms with Gasteiger partial charge in [0.2, 0.25) is 0 Å². The molecule has 0 saturated heterocycles. The number of halogens is 2. The monoisotopic (exact) mass is 294 g/mol. The number of nitrogens with zero attached hydrogens (tertiary/aromatic N) is 2. The van der Waals surface area contributed by atoms with Gasteiger partial charge in [-0.2, -0.15) is 0 Å². The molecule has 0 amide bonds. The maximum atomic E-state index is 13.3. The Bertz CT molecular complexity index is 649. The predicted molar refractivity (Wildman–Crippen MR) is 77.2 cm³/mol. The summed E-state index contributed by atoms with van der Waals surface area (Å²) in [6.45, 7) is 2.28. The lowest BCUT2D eigenvalue weighted by molar-refractivity contribution is -0.383. The maximum Gasteiger partial charge on any atom is 0.311 e. The number of nitro groups is 1. The molecular weight excluding hydrogens is 283 g/mol. The Morgan fingerprint density at radius 1 is 1.30 bits per heavy atom. The zero-order valence-corrected chi connectivity index (χ0v) is 11.5. The third-order valence-corrected chi connectivity index (χ3v) is 3.18. The normalized spacial score (nSPS) is 10.3. The molecule has 0 unspecified atom stereocenters. The molecule has 104 valence electrons. The van der Waals surface area contributed by atoms with Gasteiger partial charge in [-0.1, -0.05) is 23.7 Å². The van der Waals surface area contributed by atoms with Crippen LogP contribution in [0.25, 0.3) is 0 Å². The van der Waals surface area contributed by atoms with Gasteiger partial charge in [0.1, 0.15) is 16.5 Å². The second-order valence-corrected chi connectivity index (χ2v) is 4.50. The highest BCUT2D eigenvalue weighted by Crippen LogP contribution is 2.38. The van der Waals surface area contributed by atoms with Crippen LogP contribution in [-0.4, -0.2) is 11.5 Å². The van der Waals surface area contributed by atoms with Crippen molar-refractivity contribution in [3.05, 3.63) is 63.4 Å². The van der Waals surface area contributed by atoms with Crippen LogP contribution in [0.15, 0.2) is 42.5 Å². The van der Waals surface area contributed by atoms with Crippen molar-refractivity contribution in [2.45, 2.75) is 6.92 Å². The molecule has 2 rings (SSSR count). The average Bonchev–Trinajstić information content (AvgIpc) is 2.39. The molecule has 0 aromatic heterocycles. The maximum absolute atomic E-state index is 13.3. The van der Waals surface area contributed by atoms with Gasteiger partial charge >= 0.3 is 5.69 Å². The van der Waals surface area contributed by atoms with Crippen molar-refractivity contribution < 1.29 is 9.31 Å². The molecule has 0 N–H and O–H groups in total. The van der Waals surface area contributed by atoms with E-state index in [1.54, 1.807) is 29.2 Å². The molecular formula is C14H12ClFN2O2. The van der Waals surface area contributed by atoms with Crippen molar-refractivity contribution in [3.63, 3.8) is 0 Å². The molecule has 2 aromatic rings. The van der Waals surface area contributed by atoms with Crippen LogP contribution in [0.4, 0.5) is 21.5 Å². The summed E-state index contributed by atoms with van der Waals surface area (Å²) in [5, 5.41) is 11.2. The first-order valence-corrected chi connectivity index (χ1v) is 6.38. The summed E-state index contributed by atoms with van der Waals surface area (Å²) in [4.78, 5) is 12.3. The highest BCUT2D eigenvalue weighted by molar-refractivity contribution is 6.33. The Labute approximate surface area is 120 Å². The summed E-state index contributed by atoms with van der Waals surface area (Å²) in [6.07, 6.45) is 0. The van der Waals surface area contributed by atoms with Crippen molar-refractivity contribution in [1.29, 1.82) is 0 Å². The van der Waals surface area contributed by atoms with Crippen LogP contribution in [0, 0.1) is 15.9 Å². The molecule has 0 aliphatic rings. The third-order valence-electron chi connectivity index (χ3n) is 2.87. The molecule has 0 saturated carbocycles. The molecule has 0 atom stereocenters. The average molecular weight is 295 g/mol. The van der Waals surface area contributed by atoms with E-state index in [-0.39, 0.29) is 10.7 Å². The Hall–Kier alpha value is -2.14. The minimum atomic E-state index is -0.528. The van der Waals surface area contributed by atoms with Gasteiger partial charge < -0.3 is 4.90 Å². The predicted octanol–water partition coefficient (Wildman–Crippen LogP) is 4.55. The fourth-order valence-corrected chi connectivity index (χ4v) is 2.28. The van der Waals surface area contributed by atoms with Gasteiger partial charge in [-0.25, -0.2) is 4.39 Å². The highest BCUT2D eigenvalue weighted by Gasteiger charge is 2.23. The number of para-hydroxylation sites is 1. The number of anilines is 2. The van der Waals surface area contributed by atoms with Crippen molar-refractivity contribution in [2.24, 2.45) is 0 Å². The van der Waals surface area contributed by atoms with Crippen LogP contribution in [0.1, 0.15) is 6.92 Å². The molecule has 4 nitrogen and oxygen atoms in total. The van der Waals surface area contributed by atoms with E-state index in [0.717, 1.165) is 0 Å². The van der Waals surface area contributed by atoms with E-state index in [0.29, 0.717) is 17.9 Å². The lowest BCUT2D eigenvalue weighted by atomic mass is 10.2. The summed E-state index contributed by atoms with van der Waals surface area (Å²) in [7, 11) is 0. The lowest BCUT2D eigenvalue weighted by Gasteiger charge is -2.23. The highest BCUT2D eigenvalue weighted by atomic mass is 35.5. The number of nitro benzene ring substituents is 1. The van der Waals surface area contributed by atoms with E-state index in [4.69, 9.17) is 11.6 Å². The largest absolute Gasteiger partial charge is 0.336 e. The van der Waals surface area contributed by atoms with Crippen LogP contribution in [-0.2, 0) is 0 Å². The molecule has 20 heavy (non-hydrogen) atoms. The lowest BCUT2D eigenvalue weighted by Crippen LogP contribution is -2.17. The number of benzene rings is 2. The molecule has 0 aliphatic carbocycles. The minimum absolute atomic E-state index is 0.0577. The minimum Gasteiger partial charge on any atom is -0.336 e. The van der Waals surface area contributed by atoms with Crippen molar-refractivity contribution in [2.75, 3.05) is 11.4 Å². The second-order valence-electron chi connectivity index (χ2n) is 4.09. The van der Waals surface area contributed by atoms with Crippen molar-refractivity contribution >= 4 is 28.7 Å². The molecule has 0 heterocycles. The first-order chi connectivity index (χ1) is 9.54. The van der Waals surface area contributed by atoms with Gasteiger partial charge in [0.25, 0.3) is 0 Å². The van der Waals surface area contributed by atoms with Crippen LogP contribution >= 0.6 is 11.6 Å². The Morgan fingerprint density at radius 3 is 2.60 bits per heavy atom. The summed E-state index contributed by atoms with van der Waals surface area (Å²) in [5.41, 5.74) is 0.703. The first kappa shape index (κ1) is 14.3. The summed E-state index contributed by atoms with van der Waals surface area (Å²) >= 11 is 5.90. The van der Waals surface area contributed by atoms with Crippen LogP contribution in [0.5, 0.6) is 0 Å². The second kappa shape index (κ2) is 5.88. The van der Waals surface area contributed by atoms with Crippen molar-refractivity contribution in [3.8, 4) is 0 Å². The summed E-state index contributed by atoms with van der Waals surface area (Å²) in [5.74, 6) is -0.398. The molecule has 0 spiro atoms. The van der Waals surface area contributed by atoms with Gasteiger partial charge in [-0.15, -0.1) is 0 Å². The van der Waals surface area contributed by atoms with E-state index >= 15 is 0 Å². The zero-order valence-electron chi connectivity index (χ0n) is 10.7. The molecule has 0 radical (unpaired) electrons. The van der Waals surface area contributed by atoms with E-state index in [9.17, 15) is 14.5 Å². The van der Waals surface area contributed by atoms with Crippen molar-refractivity contribution in [1.82, 2.24) is 0 Å². The van der Waals surface area contributed by atoms with E-state index < -0.39 is 10.7 Å². The number of rotatable bonds is 4.